The van der Waals surface area contributed by atoms with Gasteiger partial charge in [-0.1, -0.05) is 28.9 Å². The number of amides is 1. The number of nitrogens with zero attached hydrogens (tertiary/aromatic N) is 1. The van der Waals surface area contributed by atoms with Gasteiger partial charge in [-0.15, -0.1) is 0 Å². The lowest BCUT2D eigenvalue weighted by molar-refractivity contribution is 0.102. The molecule has 0 saturated heterocycles. The summed E-state index contributed by atoms with van der Waals surface area (Å²) < 4.78 is 31.4. The van der Waals surface area contributed by atoms with Gasteiger partial charge in [0.1, 0.15) is 5.56 Å². The topological polar surface area (TPSA) is 55.1 Å². The van der Waals surface area contributed by atoms with Crippen molar-refractivity contribution in [2.45, 2.75) is 0 Å². The molecule has 23 heavy (non-hydrogen) atoms. The smallest absolute Gasteiger partial charge is 0.261 e. The predicted molar refractivity (Wildman–Crippen MR) is 81.3 cm³/mol. The number of carbonyl (C=O) groups is 1. The SMILES string of the molecule is O=C(Nc1ccccc1Cl)c1cnoc1-c1ccc(F)c(F)c1. The molecule has 1 aromatic heterocycles. The number of benzene rings is 2. The van der Waals surface area contributed by atoms with Gasteiger partial charge in [-0.2, -0.15) is 0 Å². The number of hydrogen-bond acceptors (Lipinski definition) is 3. The summed E-state index contributed by atoms with van der Waals surface area (Å²) in [5.41, 5.74) is 0.693. The van der Waals surface area contributed by atoms with Crippen LogP contribution >= 0.6 is 11.6 Å². The van der Waals surface area contributed by atoms with Crippen molar-refractivity contribution in [1.82, 2.24) is 5.16 Å². The molecule has 7 heteroatoms. The van der Waals surface area contributed by atoms with Crippen molar-refractivity contribution in [2.75, 3.05) is 5.32 Å². The normalized spacial score (nSPS) is 10.6. The number of nitrogens with one attached hydrogen (secondary N) is 1. The molecule has 0 aliphatic rings. The number of carbonyl (C=O) groups excluding carboxylic acids is 1. The van der Waals surface area contributed by atoms with Crippen molar-refractivity contribution in [3.05, 3.63) is 70.9 Å². The van der Waals surface area contributed by atoms with E-state index in [0.29, 0.717) is 10.7 Å². The van der Waals surface area contributed by atoms with Gasteiger partial charge >= 0.3 is 0 Å². The lowest BCUT2D eigenvalue weighted by Crippen LogP contribution is -2.12. The van der Waals surface area contributed by atoms with Crippen molar-refractivity contribution >= 4 is 23.2 Å². The molecule has 0 aliphatic heterocycles. The number of halogens is 3. The molecule has 0 fully saturated rings. The highest BCUT2D eigenvalue weighted by Gasteiger charge is 2.19. The molecule has 0 bridgehead atoms. The number of hydrogen-bond donors (Lipinski definition) is 1. The van der Waals surface area contributed by atoms with Crippen LogP contribution in [-0.2, 0) is 0 Å². The molecule has 2 aromatic carbocycles. The van der Waals surface area contributed by atoms with Crippen LogP contribution < -0.4 is 5.32 Å². The number of rotatable bonds is 3. The Balaban J connectivity index is 1.93. The van der Waals surface area contributed by atoms with E-state index in [2.05, 4.69) is 10.5 Å². The average Bonchev–Trinajstić information content (AvgIpc) is 3.02. The third-order valence-electron chi connectivity index (χ3n) is 3.12. The number of para-hydroxylation sites is 1. The largest absolute Gasteiger partial charge is 0.355 e. The Morgan fingerprint density at radius 3 is 2.65 bits per heavy atom. The highest BCUT2D eigenvalue weighted by atomic mass is 35.5. The fourth-order valence-electron chi connectivity index (χ4n) is 2.00. The molecule has 0 saturated carbocycles. The van der Waals surface area contributed by atoms with Gasteiger partial charge in [0.15, 0.2) is 17.4 Å². The molecule has 0 spiro atoms. The predicted octanol–water partition coefficient (Wildman–Crippen LogP) is 4.53. The highest BCUT2D eigenvalue weighted by molar-refractivity contribution is 6.34. The maximum atomic E-state index is 13.3. The van der Waals surface area contributed by atoms with Crippen LogP contribution in [0.4, 0.5) is 14.5 Å². The zero-order valence-corrected chi connectivity index (χ0v) is 12.3. The molecule has 0 aliphatic carbocycles. The Labute approximate surface area is 134 Å². The highest BCUT2D eigenvalue weighted by Crippen LogP contribution is 2.27. The van der Waals surface area contributed by atoms with Crippen molar-refractivity contribution in [2.24, 2.45) is 0 Å². The summed E-state index contributed by atoms with van der Waals surface area (Å²) in [7, 11) is 0. The molecular formula is C16H9ClF2N2O2. The fourth-order valence-corrected chi connectivity index (χ4v) is 2.18. The van der Waals surface area contributed by atoms with Gasteiger partial charge in [0.05, 0.1) is 16.9 Å². The molecular weight excluding hydrogens is 326 g/mol. The van der Waals surface area contributed by atoms with Gasteiger partial charge in [0.25, 0.3) is 5.91 Å². The Hall–Kier alpha value is -2.73. The van der Waals surface area contributed by atoms with Gasteiger partial charge in [0.2, 0.25) is 0 Å². The summed E-state index contributed by atoms with van der Waals surface area (Å²) in [5, 5.41) is 6.53. The van der Waals surface area contributed by atoms with Crippen LogP contribution in [0, 0.1) is 11.6 Å². The average molecular weight is 335 g/mol. The Morgan fingerprint density at radius 1 is 1.13 bits per heavy atom. The first-order valence-electron chi connectivity index (χ1n) is 6.52. The summed E-state index contributed by atoms with van der Waals surface area (Å²) >= 11 is 5.98. The first-order chi connectivity index (χ1) is 11.1. The zero-order valence-electron chi connectivity index (χ0n) is 11.5. The summed E-state index contributed by atoms with van der Waals surface area (Å²) in [6.07, 6.45) is 1.20. The van der Waals surface area contributed by atoms with Gasteiger partial charge in [0, 0.05) is 5.56 Å². The first-order valence-corrected chi connectivity index (χ1v) is 6.90. The molecule has 0 atom stereocenters. The molecule has 3 aromatic rings. The van der Waals surface area contributed by atoms with Crippen molar-refractivity contribution < 1.29 is 18.1 Å². The van der Waals surface area contributed by atoms with Gasteiger partial charge in [-0.3, -0.25) is 4.79 Å². The second-order valence-corrected chi connectivity index (χ2v) is 5.04. The quantitative estimate of drug-likeness (QED) is 0.766. The van der Waals surface area contributed by atoms with E-state index < -0.39 is 17.5 Å². The zero-order chi connectivity index (χ0) is 16.4. The van der Waals surface area contributed by atoms with E-state index in [9.17, 15) is 13.6 Å². The lowest BCUT2D eigenvalue weighted by atomic mass is 10.1. The molecule has 4 nitrogen and oxygen atoms in total. The molecule has 1 heterocycles. The van der Waals surface area contributed by atoms with E-state index in [1.54, 1.807) is 24.3 Å². The summed E-state index contributed by atoms with van der Waals surface area (Å²) in [5.74, 6) is -2.53. The molecule has 0 radical (unpaired) electrons. The summed E-state index contributed by atoms with van der Waals surface area (Å²) in [6.45, 7) is 0. The standard InChI is InChI=1S/C16H9ClF2N2O2/c17-11-3-1-2-4-14(11)21-16(22)10-8-20-23-15(10)9-5-6-12(18)13(19)7-9/h1-8H,(H,21,22). The van der Waals surface area contributed by atoms with E-state index in [1.807, 2.05) is 0 Å². The Morgan fingerprint density at radius 2 is 1.91 bits per heavy atom. The van der Waals surface area contributed by atoms with Gasteiger partial charge in [-0.25, -0.2) is 8.78 Å². The molecule has 0 unspecified atom stereocenters. The van der Waals surface area contributed by atoms with E-state index in [1.165, 1.54) is 12.3 Å². The van der Waals surface area contributed by atoms with Crippen LogP contribution in [0.1, 0.15) is 10.4 Å². The third kappa shape index (κ3) is 3.07. The van der Waals surface area contributed by atoms with E-state index in [4.69, 9.17) is 16.1 Å². The molecule has 3 rings (SSSR count). The monoisotopic (exact) mass is 334 g/mol. The van der Waals surface area contributed by atoms with Crippen molar-refractivity contribution in [3.63, 3.8) is 0 Å². The van der Waals surface area contributed by atoms with E-state index in [0.717, 1.165) is 12.1 Å². The van der Waals surface area contributed by atoms with Crippen molar-refractivity contribution in [3.8, 4) is 11.3 Å². The van der Waals surface area contributed by atoms with Crippen LogP contribution in [0.25, 0.3) is 11.3 Å². The maximum Gasteiger partial charge on any atom is 0.261 e. The number of aromatic nitrogens is 1. The van der Waals surface area contributed by atoms with Crippen LogP contribution in [-0.4, -0.2) is 11.1 Å². The molecule has 116 valence electrons. The Kier molecular flexibility index (Phi) is 4.08. The minimum Gasteiger partial charge on any atom is -0.355 e. The lowest BCUT2D eigenvalue weighted by Gasteiger charge is -2.06. The summed E-state index contributed by atoms with van der Waals surface area (Å²) in [4.78, 5) is 12.3. The third-order valence-corrected chi connectivity index (χ3v) is 3.45. The van der Waals surface area contributed by atoms with E-state index in [-0.39, 0.29) is 16.9 Å². The first kappa shape index (κ1) is 15.2. The molecule has 1 N–H and O–H groups in total. The summed E-state index contributed by atoms with van der Waals surface area (Å²) in [6, 6.07) is 9.87. The number of anilines is 1. The maximum absolute atomic E-state index is 13.3. The van der Waals surface area contributed by atoms with Crippen LogP contribution in [0.5, 0.6) is 0 Å². The Bertz CT molecular complexity index is 880. The van der Waals surface area contributed by atoms with Crippen LogP contribution in [0.15, 0.2) is 53.2 Å². The van der Waals surface area contributed by atoms with E-state index >= 15 is 0 Å². The second kappa shape index (κ2) is 6.18. The van der Waals surface area contributed by atoms with Gasteiger partial charge < -0.3 is 9.84 Å². The van der Waals surface area contributed by atoms with Gasteiger partial charge in [-0.05, 0) is 30.3 Å². The minimum atomic E-state index is -1.05. The van der Waals surface area contributed by atoms with Crippen LogP contribution in [0.3, 0.4) is 0 Å². The van der Waals surface area contributed by atoms with Crippen molar-refractivity contribution in [1.29, 1.82) is 0 Å². The second-order valence-electron chi connectivity index (χ2n) is 4.63. The fraction of sp³-hybridized carbons (Fsp3) is 0. The van der Waals surface area contributed by atoms with Crippen LogP contribution in [0.2, 0.25) is 5.02 Å². The molecule has 1 amide bonds. The minimum absolute atomic E-state index is 0.0356.